The fourth-order valence-corrected chi connectivity index (χ4v) is 7.60. The van der Waals surface area contributed by atoms with Crippen molar-refractivity contribution in [3.63, 3.8) is 0 Å². The lowest BCUT2D eigenvalue weighted by Crippen LogP contribution is -2.31. The number of benzene rings is 7. The molecular formula is C52H40N2. The molecule has 1 unspecified atom stereocenters. The van der Waals surface area contributed by atoms with E-state index in [0.717, 1.165) is 35.5 Å². The summed E-state index contributed by atoms with van der Waals surface area (Å²) in [4.78, 5) is 5.24. The van der Waals surface area contributed by atoms with E-state index in [4.69, 9.17) is 4.99 Å². The summed E-state index contributed by atoms with van der Waals surface area (Å²) in [6, 6.07) is 65.2. The standard InChI is InChI=1S/C52H40N2/c1-6-16-37(17-7-1)38-26-30-44(31-27-38)51-36-50(43-24-14-5-15-25-43)53-52(54-51)45-32-28-42(29-33-45)49-35-47(40-20-10-3-11-21-40)46(39-18-8-2-9-19-39)34-48(49)41-22-12-4-13-23-41/h1-10,12-20,22-36,50H,11,21H2,(H,53,54). The first-order valence-corrected chi connectivity index (χ1v) is 18.8. The average molecular weight is 693 g/mol. The molecule has 0 amide bonds. The van der Waals surface area contributed by atoms with Crippen LogP contribution in [0.25, 0.3) is 55.8 Å². The highest BCUT2D eigenvalue weighted by molar-refractivity contribution is 6.04. The minimum absolute atomic E-state index is 0.0160. The molecule has 0 bridgehead atoms. The summed E-state index contributed by atoms with van der Waals surface area (Å²) in [6.45, 7) is 0. The molecule has 1 aliphatic carbocycles. The summed E-state index contributed by atoms with van der Waals surface area (Å²) in [5.41, 5.74) is 16.7. The number of amidine groups is 1. The Balaban J connectivity index is 1.12. The van der Waals surface area contributed by atoms with Crippen LogP contribution in [-0.4, -0.2) is 5.84 Å². The number of allylic oxidation sites excluding steroid dienone is 4. The SMILES string of the molecule is C1=CCCC(c2cc(-c3ccc(C4=NC(c5ccc(-c6ccccc6)cc5)=CC(c5ccccc5)N4)cc3)c(-c3ccccc3)cc2-c2ccccc2)=C1. The minimum atomic E-state index is -0.0160. The van der Waals surface area contributed by atoms with E-state index in [0.29, 0.717) is 0 Å². The molecule has 258 valence electrons. The fraction of sp³-hybridized carbons (Fsp3) is 0.0577. The van der Waals surface area contributed by atoms with Crippen molar-refractivity contribution in [2.45, 2.75) is 18.9 Å². The Hall–Kier alpha value is -6.77. The topological polar surface area (TPSA) is 24.4 Å². The number of rotatable bonds is 8. The Morgan fingerprint density at radius 2 is 0.907 bits per heavy atom. The van der Waals surface area contributed by atoms with E-state index in [1.807, 2.05) is 0 Å². The number of nitrogens with zero attached hydrogens (tertiary/aromatic N) is 1. The van der Waals surface area contributed by atoms with Gasteiger partial charge in [0.05, 0.1) is 11.7 Å². The van der Waals surface area contributed by atoms with E-state index in [1.54, 1.807) is 0 Å². The number of nitrogens with one attached hydrogen (secondary N) is 1. The molecule has 1 heterocycles. The predicted molar refractivity (Wildman–Crippen MR) is 228 cm³/mol. The Kier molecular flexibility index (Phi) is 9.23. The molecule has 0 spiro atoms. The number of aliphatic imine (C=N–C) groups is 1. The Labute approximate surface area is 318 Å². The van der Waals surface area contributed by atoms with Gasteiger partial charge >= 0.3 is 0 Å². The summed E-state index contributed by atoms with van der Waals surface area (Å²) in [6.07, 6.45) is 11.1. The van der Waals surface area contributed by atoms with Crippen LogP contribution < -0.4 is 5.32 Å². The van der Waals surface area contributed by atoms with Crippen molar-refractivity contribution in [3.8, 4) is 44.5 Å². The van der Waals surface area contributed by atoms with Gasteiger partial charge in [0.15, 0.2) is 0 Å². The van der Waals surface area contributed by atoms with Crippen molar-refractivity contribution in [2.75, 3.05) is 0 Å². The van der Waals surface area contributed by atoms with Crippen LogP contribution in [0.4, 0.5) is 0 Å². The van der Waals surface area contributed by atoms with Crippen LogP contribution in [0.3, 0.4) is 0 Å². The van der Waals surface area contributed by atoms with E-state index in [9.17, 15) is 0 Å². The van der Waals surface area contributed by atoms with Crippen molar-refractivity contribution in [1.82, 2.24) is 5.32 Å². The van der Waals surface area contributed by atoms with Crippen LogP contribution in [0.5, 0.6) is 0 Å². The summed E-state index contributed by atoms with van der Waals surface area (Å²) in [5.74, 6) is 0.864. The zero-order valence-electron chi connectivity index (χ0n) is 30.1. The zero-order chi connectivity index (χ0) is 36.1. The normalized spacial score (nSPS) is 15.1. The molecule has 1 atom stereocenters. The molecule has 7 aromatic rings. The highest BCUT2D eigenvalue weighted by atomic mass is 15.0. The second kappa shape index (κ2) is 15.1. The molecule has 7 aromatic carbocycles. The molecule has 2 nitrogen and oxygen atoms in total. The third-order valence-corrected chi connectivity index (χ3v) is 10.5. The molecule has 0 aromatic heterocycles. The number of hydrogen-bond acceptors (Lipinski definition) is 2. The molecular weight excluding hydrogens is 653 g/mol. The molecule has 0 saturated heterocycles. The molecule has 2 heteroatoms. The molecule has 2 aliphatic rings. The maximum Gasteiger partial charge on any atom is 0.134 e. The lowest BCUT2D eigenvalue weighted by Gasteiger charge is -2.25. The lowest BCUT2D eigenvalue weighted by molar-refractivity contribution is 0.781. The molecule has 1 aliphatic heterocycles. The highest BCUT2D eigenvalue weighted by Gasteiger charge is 2.21. The van der Waals surface area contributed by atoms with E-state index in [-0.39, 0.29) is 6.04 Å². The number of hydrogen-bond donors (Lipinski definition) is 1. The van der Waals surface area contributed by atoms with Gasteiger partial charge in [-0.2, -0.15) is 0 Å². The van der Waals surface area contributed by atoms with Crippen LogP contribution >= 0.6 is 0 Å². The van der Waals surface area contributed by atoms with Crippen molar-refractivity contribution < 1.29 is 0 Å². The van der Waals surface area contributed by atoms with Crippen molar-refractivity contribution >= 4 is 17.1 Å². The van der Waals surface area contributed by atoms with Gasteiger partial charge in [-0.1, -0.05) is 188 Å². The zero-order valence-corrected chi connectivity index (χ0v) is 30.1. The first-order valence-electron chi connectivity index (χ1n) is 18.8. The van der Waals surface area contributed by atoms with Crippen LogP contribution in [0, 0.1) is 0 Å². The third kappa shape index (κ3) is 6.90. The first kappa shape index (κ1) is 33.1. The Bertz CT molecular complexity index is 2510. The fourth-order valence-electron chi connectivity index (χ4n) is 7.60. The summed E-state index contributed by atoms with van der Waals surface area (Å²) in [5, 5.41) is 3.76. The maximum atomic E-state index is 5.24. The van der Waals surface area contributed by atoms with Gasteiger partial charge in [0.2, 0.25) is 0 Å². The van der Waals surface area contributed by atoms with Gasteiger partial charge in [0.1, 0.15) is 5.84 Å². The molecule has 0 fully saturated rings. The predicted octanol–water partition coefficient (Wildman–Crippen LogP) is 13.2. The quantitative estimate of drug-likeness (QED) is 0.168. The molecule has 54 heavy (non-hydrogen) atoms. The highest BCUT2D eigenvalue weighted by Crippen LogP contribution is 2.42. The van der Waals surface area contributed by atoms with E-state index < -0.39 is 0 Å². The van der Waals surface area contributed by atoms with Crippen LogP contribution in [0.2, 0.25) is 0 Å². The van der Waals surface area contributed by atoms with Gasteiger partial charge in [-0.05, 0) is 97.8 Å². The minimum Gasteiger partial charge on any atom is -0.359 e. The van der Waals surface area contributed by atoms with Gasteiger partial charge < -0.3 is 5.32 Å². The van der Waals surface area contributed by atoms with Gasteiger partial charge in [-0.25, -0.2) is 4.99 Å². The van der Waals surface area contributed by atoms with E-state index in [1.165, 1.54) is 61.2 Å². The van der Waals surface area contributed by atoms with Crippen LogP contribution in [0.15, 0.2) is 211 Å². The van der Waals surface area contributed by atoms with Crippen LogP contribution in [-0.2, 0) is 0 Å². The monoisotopic (exact) mass is 692 g/mol. The lowest BCUT2D eigenvalue weighted by atomic mass is 9.84. The van der Waals surface area contributed by atoms with Gasteiger partial charge in [0, 0.05) is 5.56 Å². The second-order valence-electron chi connectivity index (χ2n) is 13.9. The third-order valence-electron chi connectivity index (χ3n) is 10.5. The Morgan fingerprint density at radius 3 is 1.50 bits per heavy atom. The summed E-state index contributed by atoms with van der Waals surface area (Å²) >= 11 is 0. The van der Waals surface area contributed by atoms with Gasteiger partial charge in [-0.3, -0.25) is 0 Å². The second-order valence-corrected chi connectivity index (χ2v) is 13.9. The largest absolute Gasteiger partial charge is 0.359 e. The van der Waals surface area contributed by atoms with Crippen molar-refractivity contribution in [2.24, 2.45) is 4.99 Å². The average Bonchev–Trinajstić information content (AvgIpc) is 3.27. The maximum absolute atomic E-state index is 5.24. The van der Waals surface area contributed by atoms with Crippen molar-refractivity contribution in [3.05, 3.63) is 229 Å². The molecule has 9 rings (SSSR count). The van der Waals surface area contributed by atoms with E-state index >= 15 is 0 Å². The molecule has 0 saturated carbocycles. The summed E-state index contributed by atoms with van der Waals surface area (Å²) < 4.78 is 0. The first-order chi connectivity index (χ1) is 26.8. The smallest absolute Gasteiger partial charge is 0.134 e. The van der Waals surface area contributed by atoms with Gasteiger partial charge in [0.25, 0.3) is 0 Å². The summed E-state index contributed by atoms with van der Waals surface area (Å²) in [7, 11) is 0. The Morgan fingerprint density at radius 1 is 0.444 bits per heavy atom. The molecule has 1 N–H and O–H groups in total. The van der Waals surface area contributed by atoms with Crippen LogP contribution in [0.1, 0.15) is 41.1 Å². The van der Waals surface area contributed by atoms with Crippen molar-refractivity contribution in [1.29, 1.82) is 0 Å². The molecule has 0 radical (unpaired) electrons. The van der Waals surface area contributed by atoms with Gasteiger partial charge in [-0.15, -0.1) is 0 Å². The van der Waals surface area contributed by atoms with E-state index in [2.05, 4.69) is 212 Å².